The fourth-order valence-electron chi connectivity index (χ4n) is 1.58. The zero-order valence-corrected chi connectivity index (χ0v) is 9.03. The van der Waals surface area contributed by atoms with Crippen molar-refractivity contribution >= 4 is 0 Å². The Bertz CT molecular complexity index is 109. The van der Waals surface area contributed by atoms with Gasteiger partial charge in [-0.25, -0.2) is 0 Å². The molecule has 12 heavy (non-hydrogen) atoms. The third kappa shape index (κ3) is 5.40. The monoisotopic (exact) mass is 168 g/mol. The number of hydrogen-bond donors (Lipinski definition) is 0. The Labute approximate surface area is 78.1 Å². The van der Waals surface area contributed by atoms with Crippen molar-refractivity contribution in [1.29, 1.82) is 0 Å². The molecule has 0 bridgehead atoms. The molecule has 0 fully saturated rings. The Kier molecular flexibility index (Phi) is 7.23. The standard InChI is InChI=1S/C12H24/c1-5-8-11(4)9-10-12(6-2)7-3/h12H,4-10H2,1-3H3. The van der Waals surface area contributed by atoms with Crippen LogP contribution < -0.4 is 0 Å². The van der Waals surface area contributed by atoms with Crippen LogP contribution >= 0.6 is 0 Å². The summed E-state index contributed by atoms with van der Waals surface area (Å²) in [5, 5.41) is 0. The van der Waals surface area contributed by atoms with Crippen LogP contribution in [0.4, 0.5) is 0 Å². The van der Waals surface area contributed by atoms with Gasteiger partial charge in [0.2, 0.25) is 0 Å². The highest BCUT2D eigenvalue weighted by Gasteiger charge is 2.03. The first-order chi connectivity index (χ1) is 5.74. The van der Waals surface area contributed by atoms with E-state index in [4.69, 9.17) is 0 Å². The maximum absolute atomic E-state index is 4.08. The van der Waals surface area contributed by atoms with Crippen molar-refractivity contribution < 1.29 is 0 Å². The SMILES string of the molecule is C=C(CCC)CCC(CC)CC. The number of allylic oxidation sites excluding steroid dienone is 1. The molecule has 0 unspecified atom stereocenters. The molecule has 0 amide bonds. The Balaban J connectivity index is 3.44. The summed E-state index contributed by atoms with van der Waals surface area (Å²) in [6.07, 6.45) is 7.74. The van der Waals surface area contributed by atoms with E-state index < -0.39 is 0 Å². The summed E-state index contributed by atoms with van der Waals surface area (Å²) >= 11 is 0. The van der Waals surface area contributed by atoms with Crippen LogP contribution in [-0.2, 0) is 0 Å². The highest BCUT2D eigenvalue weighted by molar-refractivity contribution is 4.93. The predicted molar refractivity (Wildman–Crippen MR) is 57.4 cm³/mol. The Hall–Kier alpha value is -0.260. The van der Waals surface area contributed by atoms with E-state index in [-0.39, 0.29) is 0 Å². The lowest BCUT2D eigenvalue weighted by atomic mass is 9.94. The van der Waals surface area contributed by atoms with Gasteiger partial charge in [-0.3, -0.25) is 0 Å². The molecule has 0 aliphatic heterocycles. The van der Waals surface area contributed by atoms with Crippen LogP contribution in [0.1, 0.15) is 59.3 Å². The molecular weight excluding hydrogens is 144 g/mol. The molecule has 0 saturated carbocycles. The van der Waals surface area contributed by atoms with Crippen molar-refractivity contribution in [2.24, 2.45) is 5.92 Å². The van der Waals surface area contributed by atoms with Gasteiger partial charge in [0.25, 0.3) is 0 Å². The van der Waals surface area contributed by atoms with E-state index in [1.54, 1.807) is 0 Å². The summed E-state index contributed by atoms with van der Waals surface area (Å²) < 4.78 is 0. The van der Waals surface area contributed by atoms with E-state index in [2.05, 4.69) is 27.4 Å². The predicted octanol–water partition coefficient (Wildman–Crippen LogP) is 4.56. The van der Waals surface area contributed by atoms with Gasteiger partial charge in [-0.1, -0.05) is 52.2 Å². The topological polar surface area (TPSA) is 0 Å². The maximum Gasteiger partial charge on any atom is -0.0320 e. The summed E-state index contributed by atoms with van der Waals surface area (Å²) in [7, 11) is 0. The first-order valence-corrected chi connectivity index (χ1v) is 5.41. The lowest BCUT2D eigenvalue weighted by molar-refractivity contribution is 0.453. The van der Waals surface area contributed by atoms with E-state index >= 15 is 0 Å². The highest BCUT2D eigenvalue weighted by atomic mass is 14.1. The Morgan fingerprint density at radius 1 is 1.08 bits per heavy atom. The molecular formula is C12H24. The number of hydrogen-bond acceptors (Lipinski definition) is 0. The van der Waals surface area contributed by atoms with E-state index in [1.807, 2.05) is 0 Å². The van der Waals surface area contributed by atoms with E-state index in [1.165, 1.54) is 44.1 Å². The fraction of sp³-hybridized carbons (Fsp3) is 0.833. The normalized spacial score (nSPS) is 10.7. The van der Waals surface area contributed by atoms with Crippen LogP contribution in [0.15, 0.2) is 12.2 Å². The van der Waals surface area contributed by atoms with Crippen LogP contribution in [0.25, 0.3) is 0 Å². The van der Waals surface area contributed by atoms with Crippen LogP contribution in [0.2, 0.25) is 0 Å². The van der Waals surface area contributed by atoms with Gasteiger partial charge in [0, 0.05) is 0 Å². The summed E-state index contributed by atoms with van der Waals surface area (Å²) in [4.78, 5) is 0. The third-order valence-electron chi connectivity index (χ3n) is 2.66. The molecule has 0 aliphatic rings. The minimum absolute atomic E-state index is 0.929. The van der Waals surface area contributed by atoms with E-state index in [0.29, 0.717) is 0 Å². The van der Waals surface area contributed by atoms with Gasteiger partial charge in [0.15, 0.2) is 0 Å². The lowest BCUT2D eigenvalue weighted by Gasteiger charge is -2.12. The van der Waals surface area contributed by atoms with Crippen molar-refractivity contribution in [2.75, 3.05) is 0 Å². The van der Waals surface area contributed by atoms with Crippen molar-refractivity contribution in [3.05, 3.63) is 12.2 Å². The average Bonchev–Trinajstić information content (AvgIpc) is 2.07. The van der Waals surface area contributed by atoms with Gasteiger partial charge in [-0.2, -0.15) is 0 Å². The summed E-state index contributed by atoms with van der Waals surface area (Å²) in [5.41, 5.74) is 1.45. The average molecular weight is 168 g/mol. The Morgan fingerprint density at radius 3 is 2.08 bits per heavy atom. The first-order valence-electron chi connectivity index (χ1n) is 5.41. The van der Waals surface area contributed by atoms with Gasteiger partial charge < -0.3 is 0 Å². The minimum Gasteiger partial charge on any atom is -0.0999 e. The molecule has 0 nitrogen and oxygen atoms in total. The summed E-state index contributed by atoms with van der Waals surface area (Å²) in [6, 6.07) is 0. The van der Waals surface area contributed by atoms with Crippen LogP contribution in [0.3, 0.4) is 0 Å². The lowest BCUT2D eigenvalue weighted by Crippen LogP contribution is -1.97. The van der Waals surface area contributed by atoms with Crippen molar-refractivity contribution in [3.63, 3.8) is 0 Å². The molecule has 0 aromatic carbocycles. The van der Waals surface area contributed by atoms with Crippen molar-refractivity contribution in [1.82, 2.24) is 0 Å². The van der Waals surface area contributed by atoms with Crippen molar-refractivity contribution in [2.45, 2.75) is 59.3 Å². The van der Waals surface area contributed by atoms with Gasteiger partial charge in [0.05, 0.1) is 0 Å². The molecule has 0 aromatic rings. The molecule has 0 N–H and O–H groups in total. The molecule has 0 aromatic heterocycles. The van der Waals surface area contributed by atoms with Crippen molar-refractivity contribution in [3.8, 4) is 0 Å². The summed E-state index contributed by atoms with van der Waals surface area (Å²) in [5.74, 6) is 0.929. The van der Waals surface area contributed by atoms with Crippen LogP contribution in [-0.4, -0.2) is 0 Å². The quantitative estimate of drug-likeness (QED) is 0.489. The van der Waals surface area contributed by atoms with Gasteiger partial charge >= 0.3 is 0 Å². The molecule has 0 aliphatic carbocycles. The van der Waals surface area contributed by atoms with E-state index in [9.17, 15) is 0 Å². The smallest absolute Gasteiger partial charge is 0.0320 e. The second-order valence-corrected chi connectivity index (χ2v) is 3.72. The zero-order chi connectivity index (χ0) is 9.40. The molecule has 0 spiro atoms. The second-order valence-electron chi connectivity index (χ2n) is 3.72. The van der Waals surface area contributed by atoms with Gasteiger partial charge in [-0.15, -0.1) is 0 Å². The molecule has 0 heterocycles. The van der Waals surface area contributed by atoms with E-state index in [0.717, 1.165) is 5.92 Å². The summed E-state index contributed by atoms with van der Waals surface area (Å²) in [6.45, 7) is 10.9. The molecule has 0 radical (unpaired) electrons. The molecule has 0 rings (SSSR count). The maximum atomic E-state index is 4.08. The highest BCUT2D eigenvalue weighted by Crippen LogP contribution is 2.19. The van der Waals surface area contributed by atoms with Crippen LogP contribution in [0, 0.1) is 5.92 Å². The molecule has 0 saturated heterocycles. The zero-order valence-electron chi connectivity index (χ0n) is 9.03. The number of rotatable bonds is 7. The fourth-order valence-corrected chi connectivity index (χ4v) is 1.58. The minimum atomic E-state index is 0.929. The molecule has 0 heteroatoms. The molecule has 72 valence electrons. The van der Waals surface area contributed by atoms with Gasteiger partial charge in [-0.05, 0) is 25.2 Å². The Morgan fingerprint density at radius 2 is 1.67 bits per heavy atom. The second kappa shape index (κ2) is 7.39. The van der Waals surface area contributed by atoms with Gasteiger partial charge in [0.1, 0.15) is 0 Å². The molecule has 0 atom stereocenters. The van der Waals surface area contributed by atoms with Crippen LogP contribution in [0.5, 0.6) is 0 Å². The first kappa shape index (κ1) is 11.7. The largest absolute Gasteiger partial charge is 0.0999 e. The third-order valence-corrected chi connectivity index (χ3v) is 2.66.